The van der Waals surface area contributed by atoms with Crippen molar-refractivity contribution in [1.82, 2.24) is 11.1 Å². The van der Waals surface area contributed by atoms with E-state index in [1.54, 1.807) is 6.92 Å². The molecule has 0 saturated carbocycles. The van der Waals surface area contributed by atoms with E-state index in [1.165, 1.54) is 19.6 Å². The molecule has 5 heteroatoms. The number of hydrogen-bond acceptors (Lipinski definition) is 5. The van der Waals surface area contributed by atoms with Crippen LogP contribution in [0.3, 0.4) is 0 Å². The lowest BCUT2D eigenvalue weighted by atomic mass is 10.2. The molecule has 0 aromatic heterocycles. The monoisotopic (exact) mass is 299 g/mol. The highest BCUT2D eigenvalue weighted by Gasteiger charge is 1.92. The topological polar surface area (TPSA) is 95.4 Å². The van der Waals surface area contributed by atoms with Crippen molar-refractivity contribution < 1.29 is 14.7 Å². The maximum absolute atomic E-state index is 10.6. The summed E-state index contributed by atoms with van der Waals surface area (Å²) in [4.78, 5) is 21.3. The van der Waals surface area contributed by atoms with E-state index in [2.05, 4.69) is 25.7 Å². The molecule has 21 heavy (non-hydrogen) atoms. The van der Waals surface area contributed by atoms with Gasteiger partial charge in [-0.25, -0.2) is 0 Å². The maximum atomic E-state index is 10.6. The molecule has 124 valence electrons. The zero-order chi connectivity index (χ0) is 15.1. The summed E-state index contributed by atoms with van der Waals surface area (Å²) in [6.07, 6.45) is 0. The molecule has 0 atom stereocenters. The minimum atomic E-state index is -0.500. The molecular formula is C16H31N2O3-. The number of rotatable bonds is 4. The lowest BCUT2D eigenvalue weighted by molar-refractivity contribution is -0.283. The van der Waals surface area contributed by atoms with Gasteiger partial charge in [0.05, 0.1) is 0 Å². The second-order valence-electron chi connectivity index (χ2n) is 3.64. The van der Waals surface area contributed by atoms with Crippen LogP contribution < -0.4 is 11.3 Å². The van der Waals surface area contributed by atoms with Gasteiger partial charge in [-0.3, -0.25) is 4.79 Å². The van der Waals surface area contributed by atoms with Crippen LogP contribution in [0.1, 0.15) is 45.5 Å². The average molecular weight is 299 g/mol. The van der Waals surface area contributed by atoms with Crippen LogP contribution in [0.25, 0.3) is 0 Å². The summed E-state index contributed by atoms with van der Waals surface area (Å²) in [5.41, 5.74) is 0.775. The van der Waals surface area contributed by atoms with Crippen LogP contribution in [0.5, 0.6) is 0 Å². The molecular weight excluding hydrogens is 268 g/mol. The van der Waals surface area contributed by atoms with Gasteiger partial charge >= 0.3 is 0 Å². The zero-order valence-electron chi connectivity index (χ0n) is 13.0. The van der Waals surface area contributed by atoms with Gasteiger partial charge < -0.3 is 21.0 Å². The van der Waals surface area contributed by atoms with E-state index in [0.717, 1.165) is 5.56 Å². The van der Waals surface area contributed by atoms with E-state index in [9.17, 15) is 4.79 Å². The molecule has 0 spiro atoms. The number of hydrogen-bond donors (Lipinski definition) is 1. The molecule has 1 aromatic carbocycles. The van der Waals surface area contributed by atoms with Crippen LogP contribution >= 0.6 is 0 Å². The fraction of sp³-hybridized carbons (Fsp3) is 0.500. The highest BCUT2D eigenvalue weighted by Crippen LogP contribution is 1.97. The number of benzene rings is 1. The molecule has 0 unspecified atom stereocenters. The van der Waals surface area contributed by atoms with Crippen LogP contribution in [0.15, 0.2) is 30.3 Å². The van der Waals surface area contributed by atoms with Gasteiger partial charge in [0.25, 0.3) is 0 Å². The van der Waals surface area contributed by atoms with Crippen molar-refractivity contribution in [2.45, 2.75) is 35.1 Å². The smallest absolute Gasteiger partial charge is 0.159 e. The molecule has 0 amide bonds. The predicted molar refractivity (Wildman–Crippen MR) is 87.7 cm³/mol. The second kappa shape index (κ2) is 20.6. The first-order valence-corrected chi connectivity index (χ1v) is 6.41. The average Bonchev–Trinajstić information content (AvgIpc) is 2.43. The summed E-state index contributed by atoms with van der Waals surface area (Å²) in [6, 6.07) is 9.23. The van der Waals surface area contributed by atoms with E-state index in [-0.39, 0.29) is 19.4 Å². The van der Waals surface area contributed by atoms with E-state index in [0.29, 0.717) is 0 Å². The van der Waals surface area contributed by atoms with Gasteiger partial charge in [0, 0.05) is 12.0 Å². The molecule has 3 N–H and O–H groups in total. The van der Waals surface area contributed by atoms with Crippen LogP contribution in [0.2, 0.25) is 0 Å². The first-order chi connectivity index (χ1) is 9.06. The molecule has 1 rings (SSSR count). The van der Waals surface area contributed by atoms with Gasteiger partial charge in [-0.2, -0.15) is 0 Å². The molecule has 0 aliphatic heterocycles. The van der Waals surface area contributed by atoms with Crippen LogP contribution in [-0.2, 0) is 4.79 Å². The minimum Gasteiger partial charge on any atom is -0.554 e. The summed E-state index contributed by atoms with van der Waals surface area (Å²) in [6.45, 7) is 11.2. The molecule has 0 fully saturated rings. The molecule has 5 nitrogen and oxygen atoms in total. The van der Waals surface area contributed by atoms with Gasteiger partial charge in [-0.05, 0) is 26.6 Å². The van der Waals surface area contributed by atoms with Crippen molar-refractivity contribution in [3.05, 3.63) is 35.9 Å². The Bertz CT molecular complexity index is 320. The maximum Gasteiger partial charge on any atom is 0.159 e. The zero-order valence-corrected chi connectivity index (χ0v) is 13.0. The number of carbonyl (C=O) groups is 2. The summed E-state index contributed by atoms with van der Waals surface area (Å²) >= 11 is 0. The Morgan fingerprint density at radius 3 is 1.57 bits per heavy atom. The van der Waals surface area contributed by atoms with Crippen molar-refractivity contribution in [3.63, 3.8) is 0 Å². The SMILES string of the molecule is C.CC(=O)c1ccccc1.CCN(CC)CC.N.O=C[O-]. The third kappa shape index (κ3) is 18.3. The van der Waals surface area contributed by atoms with Crippen LogP contribution in [-0.4, -0.2) is 36.8 Å². The lowest BCUT2D eigenvalue weighted by Gasteiger charge is -2.13. The third-order valence-corrected chi connectivity index (χ3v) is 2.52. The minimum absolute atomic E-state index is 0. The second-order valence-corrected chi connectivity index (χ2v) is 3.64. The fourth-order valence-electron chi connectivity index (χ4n) is 1.34. The van der Waals surface area contributed by atoms with E-state index in [1.807, 2.05) is 30.3 Å². The number of nitrogens with zero attached hydrogens (tertiary/aromatic N) is 1. The van der Waals surface area contributed by atoms with Gasteiger partial charge in [0.15, 0.2) is 5.78 Å². The quantitative estimate of drug-likeness (QED) is 0.680. The first-order valence-electron chi connectivity index (χ1n) is 6.41. The number of Topliss-reactive ketones (excluding diaryl/α,β-unsaturated/α-hetero) is 1. The van der Waals surface area contributed by atoms with Gasteiger partial charge in [0.1, 0.15) is 0 Å². The van der Waals surface area contributed by atoms with Crippen molar-refractivity contribution in [2.24, 2.45) is 0 Å². The Kier molecular flexibility index (Phi) is 27.1. The molecule has 0 radical (unpaired) electrons. The molecule has 0 bridgehead atoms. The Labute approximate surface area is 129 Å². The van der Waals surface area contributed by atoms with Gasteiger partial charge in [-0.15, -0.1) is 0 Å². The van der Waals surface area contributed by atoms with E-state index < -0.39 is 6.47 Å². The highest BCUT2D eigenvalue weighted by molar-refractivity contribution is 5.93. The summed E-state index contributed by atoms with van der Waals surface area (Å²) in [5, 5.41) is 8.25. The molecule has 0 aliphatic carbocycles. The Hall–Kier alpha value is -1.72. The molecule has 1 aromatic rings. The third-order valence-electron chi connectivity index (χ3n) is 2.52. The molecule has 0 aliphatic rings. The largest absolute Gasteiger partial charge is 0.554 e. The van der Waals surface area contributed by atoms with Gasteiger partial charge in [-0.1, -0.05) is 58.5 Å². The number of ketones is 1. The van der Waals surface area contributed by atoms with Crippen molar-refractivity contribution in [2.75, 3.05) is 19.6 Å². The Morgan fingerprint density at radius 1 is 1.10 bits per heavy atom. The molecule has 0 heterocycles. The summed E-state index contributed by atoms with van der Waals surface area (Å²) < 4.78 is 0. The van der Waals surface area contributed by atoms with Crippen LogP contribution in [0, 0.1) is 0 Å². The molecule has 0 saturated heterocycles. The van der Waals surface area contributed by atoms with Crippen molar-refractivity contribution in [1.29, 1.82) is 0 Å². The van der Waals surface area contributed by atoms with Crippen molar-refractivity contribution >= 4 is 12.3 Å². The predicted octanol–water partition coefficient (Wildman–Crippen LogP) is 2.40. The van der Waals surface area contributed by atoms with E-state index >= 15 is 0 Å². The summed E-state index contributed by atoms with van der Waals surface area (Å²) in [7, 11) is 0. The van der Waals surface area contributed by atoms with Gasteiger partial charge in [0.2, 0.25) is 0 Å². The summed E-state index contributed by atoms with van der Waals surface area (Å²) in [5.74, 6) is 0.121. The standard InChI is InChI=1S/C8H8O.C6H15N.CH2O2.CH4.H3N/c1-7(9)8-5-3-2-4-6-8;1-4-7(5-2)6-3;2-1-3;;/h2-6H,1H3;4-6H2,1-3H3;1H,(H,2,3);1H4;1H3/p-1. The normalized spacial score (nSPS) is 7.86. The lowest BCUT2D eigenvalue weighted by Crippen LogP contribution is -2.21. The van der Waals surface area contributed by atoms with Crippen LogP contribution in [0.4, 0.5) is 0 Å². The highest BCUT2D eigenvalue weighted by atomic mass is 16.3. The van der Waals surface area contributed by atoms with E-state index in [4.69, 9.17) is 9.90 Å². The Morgan fingerprint density at radius 2 is 1.43 bits per heavy atom. The first kappa shape index (κ1) is 27.6. The number of carbonyl (C=O) groups excluding carboxylic acids is 2. The fourth-order valence-corrected chi connectivity index (χ4v) is 1.34. The Balaban J connectivity index is -0.000000110. The number of carboxylic acid groups (broad SMARTS) is 1. The van der Waals surface area contributed by atoms with Crippen molar-refractivity contribution in [3.8, 4) is 0 Å².